The fourth-order valence-corrected chi connectivity index (χ4v) is 5.56. The van der Waals surface area contributed by atoms with Crippen molar-refractivity contribution in [2.45, 2.75) is 177 Å². The van der Waals surface area contributed by atoms with Gasteiger partial charge in [-0.3, -0.25) is 28.8 Å². The number of carbonyl (C=O) groups is 6. The Kier molecular flexibility index (Phi) is 27.4. The lowest BCUT2D eigenvalue weighted by molar-refractivity contribution is -0.173. The summed E-state index contributed by atoms with van der Waals surface area (Å²) in [5.74, 6) is -2.23. The summed E-state index contributed by atoms with van der Waals surface area (Å²) in [6.45, 7) is 17.5. The molecule has 0 saturated heterocycles. The molecule has 0 amide bonds. The van der Waals surface area contributed by atoms with Gasteiger partial charge in [-0.05, 0) is 86.7 Å². The van der Waals surface area contributed by atoms with Gasteiger partial charge in [-0.1, -0.05) is 78.6 Å². The SMILES string of the molecule is CCCCCC(C)(C)C(=O)OCC(COC=O)OC(=O)CCCNCCCC(=O)OC(COC(=O)C(C)(C)CCCCC)COC(=O)C(C)(C)CCCCC. The fourth-order valence-electron chi connectivity index (χ4n) is 5.56. The van der Waals surface area contributed by atoms with E-state index in [9.17, 15) is 28.8 Å². The van der Waals surface area contributed by atoms with Gasteiger partial charge in [0.2, 0.25) is 0 Å². The molecular formula is C42H75NO12. The zero-order valence-corrected chi connectivity index (χ0v) is 35.7. The molecular weight excluding hydrogens is 710 g/mol. The summed E-state index contributed by atoms with van der Waals surface area (Å²) in [4.78, 5) is 74.4. The molecule has 0 aliphatic rings. The van der Waals surface area contributed by atoms with E-state index in [2.05, 4.69) is 26.1 Å². The molecule has 0 aliphatic heterocycles. The van der Waals surface area contributed by atoms with Crippen molar-refractivity contribution in [3.05, 3.63) is 0 Å². The van der Waals surface area contributed by atoms with Gasteiger partial charge in [0.15, 0.2) is 12.2 Å². The van der Waals surface area contributed by atoms with Crippen LogP contribution in [0.2, 0.25) is 0 Å². The maximum absolute atomic E-state index is 12.9. The van der Waals surface area contributed by atoms with E-state index in [-0.39, 0.29) is 45.7 Å². The minimum absolute atomic E-state index is 0.0744. The summed E-state index contributed by atoms with van der Waals surface area (Å²) in [6, 6.07) is 0. The van der Waals surface area contributed by atoms with E-state index in [0.29, 0.717) is 45.2 Å². The van der Waals surface area contributed by atoms with Gasteiger partial charge in [-0.2, -0.15) is 0 Å². The van der Waals surface area contributed by atoms with E-state index in [4.69, 9.17) is 28.4 Å². The van der Waals surface area contributed by atoms with Crippen molar-refractivity contribution in [3.8, 4) is 0 Å². The Labute approximate surface area is 331 Å². The second kappa shape index (κ2) is 29.1. The molecule has 0 aromatic rings. The van der Waals surface area contributed by atoms with E-state index >= 15 is 0 Å². The molecule has 13 heteroatoms. The molecule has 0 saturated carbocycles. The molecule has 0 radical (unpaired) electrons. The van der Waals surface area contributed by atoms with Crippen LogP contribution in [0, 0.1) is 16.2 Å². The smallest absolute Gasteiger partial charge is 0.311 e. The van der Waals surface area contributed by atoms with Gasteiger partial charge in [-0.15, -0.1) is 0 Å². The third-order valence-corrected chi connectivity index (χ3v) is 9.49. The number of hydrogen-bond donors (Lipinski definition) is 1. The van der Waals surface area contributed by atoms with E-state index in [0.717, 1.165) is 57.8 Å². The van der Waals surface area contributed by atoms with Crippen LogP contribution in [-0.4, -0.2) is 88.0 Å². The third-order valence-electron chi connectivity index (χ3n) is 9.49. The Morgan fingerprint density at radius 2 is 0.836 bits per heavy atom. The largest absolute Gasteiger partial charge is 0.464 e. The summed E-state index contributed by atoms with van der Waals surface area (Å²) in [7, 11) is 0. The highest BCUT2D eigenvalue weighted by atomic mass is 16.6. The maximum Gasteiger partial charge on any atom is 0.311 e. The zero-order valence-electron chi connectivity index (χ0n) is 35.7. The summed E-state index contributed by atoms with van der Waals surface area (Å²) in [5, 5.41) is 3.18. The topological polar surface area (TPSA) is 170 Å². The van der Waals surface area contributed by atoms with E-state index in [1.54, 1.807) is 0 Å². The van der Waals surface area contributed by atoms with Gasteiger partial charge in [0.05, 0.1) is 16.2 Å². The van der Waals surface area contributed by atoms with Crippen molar-refractivity contribution in [1.29, 1.82) is 0 Å². The van der Waals surface area contributed by atoms with Gasteiger partial charge in [0.1, 0.15) is 26.4 Å². The number of rotatable bonds is 34. The van der Waals surface area contributed by atoms with E-state index in [1.165, 1.54) is 0 Å². The lowest BCUT2D eigenvalue weighted by Gasteiger charge is -2.26. The maximum atomic E-state index is 12.9. The minimum atomic E-state index is -0.946. The first kappa shape index (κ1) is 51.8. The van der Waals surface area contributed by atoms with Crippen LogP contribution in [0.3, 0.4) is 0 Å². The first-order chi connectivity index (χ1) is 25.9. The first-order valence-electron chi connectivity index (χ1n) is 20.6. The lowest BCUT2D eigenvalue weighted by Crippen LogP contribution is -2.36. The molecule has 0 fully saturated rings. The summed E-state index contributed by atoms with van der Waals surface area (Å²) in [6.07, 6.45) is 10.0. The minimum Gasteiger partial charge on any atom is -0.464 e. The molecule has 1 N–H and O–H groups in total. The third kappa shape index (κ3) is 24.8. The van der Waals surface area contributed by atoms with E-state index < -0.39 is 58.3 Å². The average Bonchev–Trinajstić information content (AvgIpc) is 3.12. The molecule has 1 unspecified atom stereocenters. The van der Waals surface area contributed by atoms with Gasteiger partial charge >= 0.3 is 29.8 Å². The van der Waals surface area contributed by atoms with Crippen molar-refractivity contribution >= 4 is 36.3 Å². The highest BCUT2D eigenvalue weighted by molar-refractivity contribution is 5.77. The Bertz CT molecular complexity index is 1080. The standard InChI is InChI=1S/C42H75NO12/c1-10-13-16-23-40(4,5)37(47)51-29-33(28-50-32-44)54-35(45)21-19-26-43-27-20-22-36(46)55-34(30-52-38(48)41(6,7)24-17-14-11-2)31-53-39(49)42(8,9)25-18-15-12-3/h32-34,43H,10-31H2,1-9H3. The van der Waals surface area contributed by atoms with Crippen LogP contribution >= 0.6 is 0 Å². The fraction of sp³-hybridized carbons (Fsp3) is 0.857. The van der Waals surface area contributed by atoms with Crippen LogP contribution in [0.1, 0.15) is 165 Å². The van der Waals surface area contributed by atoms with Crippen molar-refractivity contribution in [3.63, 3.8) is 0 Å². The van der Waals surface area contributed by atoms with E-state index in [1.807, 2.05) is 41.5 Å². The predicted octanol–water partition coefficient (Wildman–Crippen LogP) is 7.58. The Hall–Kier alpha value is -3.22. The van der Waals surface area contributed by atoms with Crippen molar-refractivity contribution in [2.24, 2.45) is 16.2 Å². The summed E-state index contributed by atoms with van der Waals surface area (Å²) >= 11 is 0. The normalized spacial score (nSPS) is 12.5. The molecule has 0 bridgehead atoms. The molecule has 0 aliphatic carbocycles. The number of hydrogen-bond acceptors (Lipinski definition) is 13. The summed E-state index contributed by atoms with van der Waals surface area (Å²) < 4.78 is 32.4. The second-order valence-electron chi connectivity index (χ2n) is 16.4. The van der Waals surface area contributed by atoms with Crippen molar-refractivity contribution in [2.75, 3.05) is 39.5 Å². The van der Waals surface area contributed by atoms with Crippen LogP contribution in [-0.2, 0) is 57.2 Å². The monoisotopic (exact) mass is 786 g/mol. The lowest BCUT2D eigenvalue weighted by atomic mass is 9.87. The Morgan fingerprint density at radius 1 is 0.509 bits per heavy atom. The number of esters is 5. The Morgan fingerprint density at radius 3 is 1.15 bits per heavy atom. The molecule has 0 aromatic heterocycles. The first-order valence-corrected chi connectivity index (χ1v) is 20.6. The molecule has 0 heterocycles. The molecule has 0 spiro atoms. The second-order valence-corrected chi connectivity index (χ2v) is 16.4. The van der Waals surface area contributed by atoms with Crippen molar-refractivity contribution in [1.82, 2.24) is 5.32 Å². The molecule has 13 nitrogen and oxygen atoms in total. The van der Waals surface area contributed by atoms with Crippen LogP contribution in [0.5, 0.6) is 0 Å². The molecule has 0 rings (SSSR count). The average molecular weight is 786 g/mol. The molecule has 320 valence electrons. The van der Waals surface area contributed by atoms with Crippen LogP contribution in [0.4, 0.5) is 0 Å². The van der Waals surface area contributed by atoms with Gasteiger partial charge in [0, 0.05) is 12.8 Å². The van der Waals surface area contributed by atoms with Crippen LogP contribution in [0.15, 0.2) is 0 Å². The molecule has 55 heavy (non-hydrogen) atoms. The van der Waals surface area contributed by atoms with Crippen molar-refractivity contribution < 1.29 is 57.2 Å². The van der Waals surface area contributed by atoms with Crippen LogP contribution in [0.25, 0.3) is 0 Å². The number of nitrogens with one attached hydrogen (secondary N) is 1. The highest BCUT2D eigenvalue weighted by Crippen LogP contribution is 2.28. The van der Waals surface area contributed by atoms with Crippen LogP contribution < -0.4 is 5.32 Å². The van der Waals surface area contributed by atoms with Gasteiger partial charge in [0.25, 0.3) is 6.47 Å². The Balaban J connectivity index is 4.87. The van der Waals surface area contributed by atoms with Gasteiger partial charge in [-0.25, -0.2) is 0 Å². The predicted molar refractivity (Wildman–Crippen MR) is 210 cm³/mol. The zero-order chi connectivity index (χ0) is 41.8. The molecule has 0 aromatic carbocycles. The molecule has 1 atom stereocenters. The highest BCUT2D eigenvalue weighted by Gasteiger charge is 2.33. The summed E-state index contributed by atoms with van der Waals surface area (Å²) in [5.41, 5.74) is -2.08. The quantitative estimate of drug-likeness (QED) is 0.0293. The number of carbonyl (C=O) groups excluding carboxylic acids is 6. The van der Waals surface area contributed by atoms with Gasteiger partial charge < -0.3 is 33.7 Å². The number of ether oxygens (including phenoxy) is 6. The number of unbranched alkanes of at least 4 members (excludes halogenated alkanes) is 6.